The fourth-order valence-electron chi connectivity index (χ4n) is 1.62. The van der Waals surface area contributed by atoms with E-state index >= 15 is 0 Å². The minimum absolute atomic E-state index is 0.140. The lowest BCUT2D eigenvalue weighted by molar-refractivity contribution is -0.121. The molecule has 1 amide bonds. The molecule has 1 rings (SSSR count). The number of aliphatic hydroxyl groups excluding tert-OH is 1. The zero-order valence-corrected chi connectivity index (χ0v) is 13.4. The first-order chi connectivity index (χ1) is 10.2. The summed E-state index contributed by atoms with van der Waals surface area (Å²) >= 11 is 10.6. The summed E-state index contributed by atoms with van der Waals surface area (Å²) in [5.74, 6) is -0.873. The molecule has 0 saturated carbocycles. The molecule has 0 saturated heterocycles. The van der Waals surface area contributed by atoms with Crippen molar-refractivity contribution in [3.05, 3.63) is 29.8 Å². The van der Waals surface area contributed by atoms with E-state index in [0.717, 1.165) is 12.1 Å². The van der Waals surface area contributed by atoms with Gasteiger partial charge in [0.25, 0.3) is 5.91 Å². The second-order valence-corrected chi connectivity index (χ2v) is 7.32. The third-order valence-electron chi connectivity index (χ3n) is 2.80. The number of aliphatic hydroxyl groups is 1. The highest BCUT2D eigenvalue weighted by atomic mass is 35.5. The van der Waals surface area contributed by atoms with E-state index in [2.05, 4.69) is 5.32 Å². The van der Waals surface area contributed by atoms with E-state index in [1.807, 2.05) is 0 Å². The predicted molar refractivity (Wildman–Crippen MR) is 78.0 cm³/mol. The molecule has 0 aliphatic heterocycles. The van der Waals surface area contributed by atoms with Crippen LogP contribution in [-0.2, 0) is 14.6 Å². The van der Waals surface area contributed by atoms with Gasteiger partial charge in [-0.15, -0.1) is 0 Å². The molecule has 0 aromatic heterocycles. The van der Waals surface area contributed by atoms with Crippen LogP contribution in [0.1, 0.15) is 11.7 Å². The van der Waals surface area contributed by atoms with Crippen molar-refractivity contribution in [2.24, 2.45) is 0 Å². The Morgan fingerprint density at radius 3 is 2.18 bits per heavy atom. The van der Waals surface area contributed by atoms with E-state index in [4.69, 9.17) is 23.2 Å². The highest BCUT2D eigenvalue weighted by Crippen LogP contribution is 2.21. The minimum atomic E-state index is -4.02. The van der Waals surface area contributed by atoms with Crippen LogP contribution >= 0.6 is 23.2 Å². The largest absolute Gasteiger partial charge is 0.386 e. The number of benzene rings is 1. The third kappa shape index (κ3) is 4.77. The summed E-state index contributed by atoms with van der Waals surface area (Å²) in [4.78, 5) is 9.61. The van der Waals surface area contributed by atoms with Crippen molar-refractivity contribution in [3.63, 3.8) is 0 Å². The van der Waals surface area contributed by atoms with Gasteiger partial charge in [-0.25, -0.2) is 17.2 Å². The van der Waals surface area contributed by atoms with Crippen LogP contribution in [0.25, 0.3) is 0 Å². The standard InChI is InChI=1S/C12H13Cl2F2NO4S/c13-11(14)12(19)17-9(5-15)10(18)7-1-3-8(4-2-7)22(20,21)6-16/h1-4,9-11,18H,5-6H2,(H,17,19). The van der Waals surface area contributed by atoms with Gasteiger partial charge >= 0.3 is 0 Å². The minimum Gasteiger partial charge on any atom is -0.386 e. The molecule has 1 aromatic rings. The quantitative estimate of drug-likeness (QED) is 0.710. The van der Waals surface area contributed by atoms with E-state index in [-0.39, 0.29) is 10.5 Å². The lowest BCUT2D eigenvalue weighted by Gasteiger charge is -2.22. The molecule has 2 N–H and O–H groups in total. The van der Waals surface area contributed by atoms with Crippen LogP contribution in [0.3, 0.4) is 0 Å². The Labute approximate surface area is 136 Å². The summed E-state index contributed by atoms with van der Waals surface area (Å²) in [5.41, 5.74) is 0.140. The summed E-state index contributed by atoms with van der Waals surface area (Å²) in [7, 11) is -4.02. The average Bonchev–Trinajstić information content (AvgIpc) is 2.51. The number of rotatable bonds is 7. The maximum atomic E-state index is 12.9. The highest BCUT2D eigenvalue weighted by molar-refractivity contribution is 7.91. The van der Waals surface area contributed by atoms with Gasteiger partial charge in [0, 0.05) is 0 Å². The molecule has 0 aliphatic carbocycles. The molecule has 0 heterocycles. The molecule has 124 valence electrons. The van der Waals surface area contributed by atoms with Gasteiger partial charge in [-0.05, 0) is 17.7 Å². The van der Waals surface area contributed by atoms with Crippen molar-refractivity contribution in [1.82, 2.24) is 5.32 Å². The fourth-order valence-corrected chi connectivity index (χ4v) is 2.42. The molecule has 10 heteroatoms. The van der Waals surface area contributed by atoms with Crippen LogP contribution in [0, 0.1) is 0 Å². The molecular formula is C12H13Cl2F2NO4S. The maximum absolute atomic E-state index is 12.9. The average molecular weight is 376 g/mol. The zero-order chi connectivity index (χ0) is 16.9. The van der Waals surface area contributed by atoms with Crippen molar-refractivity contribution < 1.29 is 27.1 Å². The first kappa shape index (κ1) is 19.1. The van der Waals surface area contributed by atoms with Gasteiger partial charge in [-0.1, -0.05) is 35.3 Å². The number of amides is 1. The first-order valence-corrected chi connectivity index (χ1v) is 8.46. The fraction of sp³-hybridized carbons (Fsp3) is 0.417. The monoisotopic (exact) mass is 375 g/mol. The Morgan fingerprint density at radius 1 is 1.23 bits per heavy atom. The molecule has 0 radical (unpaired) electrons. The number of hydrogen-bond donors (Lipinski definition) is 2. The van der Waals surface area contributed by atoms with Gasteiger partial charge in [-0.2, -0.15) is 0 Å². The topological polar surface area (TPSA) is 83.5 Å². The molecule has 22 heavy (non-hydrogen) atoms. The maximum Gasteiger partial charge on any atom is 0.253 e. The Balaban J connectivity index is 2.92. The van der Waals surface area contributed by atoms with Crippen molar-refractivity contribution in [2.75, 3.05) is 12.7 Å². The second kappa shape index (κ2) is 8.05. The van der Waals surface area contributed by atoms with Crippen LogP contribution < -0.4 is 5.32 Å². The van der Waals surface area contributed by atoms with Crippen LogP contribution in [0.15, 0.2) is 29.2 Å². The normalized spacial score (nSPS) is 14.6. The summed E-state index contributed by atoms with van der Waals surface area (Å²) in [6, 6.07) is 1.69. The van der Waals surface area contributed by atoms with Gasteiger partial charge in [0.2, 0.25) is 9.84 Å². The molecule has 0 fully saturated rings. The number of hydrogen-bond acceptors (Lipinski definition) is 4. The Kier molecular flexibility index (Phi) is 6.98. The molecule has 1 aromatic carbocycles. The number of carbonyl (C=O) groups excluding carboxylic acids is 1. The van der Waals surface area contributed by atoms with Crippen molar-refractivity contribution in [3.8, 4) is 0 Å². The lowest BCUT2D eigenvalue weighted by Crippen LogP contribution is -2.43. The van der Waals surface area contributed by atoms with Gasteiger partial charge < -0.3 is 10.4 Å². The Morgan fingerprint density at radius 2 is 1.77 bits per heavy atom. The smallest absolute Gasteiger partial charge is 0.253 e. The van der Waals surface area contributed by atoms with Crippen LogP contribution in [0.2, 0.25) is 0 Å². The second-order valence-electron chi connectivity index (χ2n) is 4.31. The number of nitrogens with one attached hydrogen (secondary N) is 1. The SMILES string of the molecule is O=C(NC(CF)C(O)c1ccc(S(=O)(=O)CF)cc1)C(Cl)Cl. The summed E-state index contributed by atoms with van der Waals surface area (Å²) < 4.78 is 47.9. The molecule has 0 bridgehead atoms. The molecule has 0 spiro atoms. The first-order valence-electron chi connectivity index (χ1n) is 5.94. The Bertz CT molecular complexity index is 610. The number of alkyl halides is 4. The van der Waals surface area contributed by atoms with E-state index in [1.54, 1.807) is 0 Å². The van der Waals surface area contributed by atoms with Crippen molar-refractivity contribution in [2.45, 2.75) is 21.9 Å². The molecule has 5 nitrogen and oxygen atoms in total. The van der Waals surface area contributed by atoms with Gasteiger partial charge in [-0.3, -0.25) is 4.79 Å². The van der Waals surface area contributed by atoms with Crippen LogP contribution in [0.5, 0.6) is 0 Å². The van der Waals surface area contributed by atoms with E-state index in [9.17, 15) is 27.1 Å². The lowest BCUT2D eigenvalue weighted by atomic mass is 10.0. The van der Waals surface area contributed by atoms with E-state index < -0.39 is 45.4 Å². The summed E-state index contributed by atoms with van der Waals surface area (Å²) in [5, 5.41) is 12.1. The summed E-state index contributed by atoms with van der Waals surface area (Å²) in [6.07, 6.45) is -1.46. The van der Waals surface area contributed by atoms with Crippen LogP contribution in [-0.4, -0.2) is 43.0 Å². The third-order valence-corrected chi connectivity index (χ3v) is 4.47. The van der Waals surface area contributed by atoms with Crippen molar-refractivity contribution >= 4 is 38.9 Å². The zero-order valence-electron chi connectivity index (χ0n) is 11.0. The predicted octanol–water partition coefficient (Wildman–Crippen LogP) is 1.68. The van der Waals surface area contributed by atoms with E-state index in [1.165, 1.54) is 12.1 Å². The molecular weight excluding hydrogens is 363 g/mol. The number of carbonyl (C=O) groups is 1. The van der Waals surface area contributed by atoms with Gasteiger partial charge in [0.05, 0.1) is 10.9 Å². The van der Waals surface area contributed by atoms with Gasteiger partial charge in [0.1, 0.15) is 12.8 Å². The Hall–Kier alpha value is -0.960. The van der Waals surface area contributed by atoms with Crippen LogP contribution in [0.4, 0.5) is 8.78 Å². The van der Waals surface area contributed by atoms with Gasteiger partial charge in [0.15, 0.2) is 10.8 Å². The highest BCUT2D eigenvalue weighted by Gasteiger charge is 2.25. The summed E-state index contributed by atoms with van der Waals surface area (Å²) in [6.45, 7) is -1.10. The molecule has 0 aliphatic rings. The van der Waals surface area contributed by atoms with E-state index in [0.29, 0.717) is 0 Å². The number of halogens is 4. The molecule has 2 unspecified atom stereocenters. The molecule has 2 atom stereocenters. The number of sulfone groups is 1. The van der Waals surface area contributed by atoms with Crippen molar-refractivity contribution in [1.29, 1.82) is 0 Å².